The summed E-state index contributed by atoms with van der Waals surface area (Å²) in [5.41, 5.74) is 0.795. The maximum Gasteiger partial charge on any atom is 0.271 e. The summed E-state index contributed by atoms with van der Waals surface area (Å²) in [6, 6.07) is 10.8. The molecule has 0 aliphatic carbocycles. The van der Waals surface area contributed by atoms with Crippen LogP contribution in [0.4, 0.5) is 8.78 Å². The predicted octanol–water partition coefficient (Wildman–Crippen LogP) is 3.94. The molecule has 2 heterocycles. The van der Waals surface area contributed by atoms with Crippen LogP contribution in [0.5, 0.6) is 0 Å². The van der Waals surface area contributed by atoms with Gasteiger partial charge in [0.25, 0.3) is 5.56 Å². The van der Waals surface area contributed by atoms with Gasteiger partial charge in [0.2, 0.25) is 0 Å². The van der Waals surface area contributed by atoms with Crippen LogP contribution in [0.1, 0.15) is 5.56 Å². The SMILES string of the molecule is O=c1c2sc3cccc(F)c3c2ncn1Cc1cccc(F)c1. The Kier molecular flexibility index (Phi) is 3.20. The van der Waals surface area contributed by atoms with Crippen LogP contribution in [0, 0.1) is 11.6 Å². The molecule has 0 unspecified atom stereocenters. The van der Waals surface area contributed by atoms with E-state index in [0.717, 1.165) is 0 Å². The van der Waals surface area contributed by atoms with Crippen molar-refractivity contribution in [2.75, 3.05) is 0 Å². The van der Waals surface area contributed by atoms with Gasteiger partial charge in [0, 0.05) is 4.70 Å². The van der Waals surface area contributed by atoms with Crippen molar-refractivity contribution in [1.29, 1.82) is 0 Å². The van der Waals surface area contributed by atoms with Crippen molar-refractivity contribution in [1.82, 2.24) is 9.55 Å². The smallest absolute Gasteiger partial charge is 0.271 e. The molecule has 2 aromatic heterocycles. The third-order valence-electron chi connectivity index (χ3n) is 3.66. The standard InChI is InChI=1S/C17H10F2N2OS/c18-11-4-1-3-10(7-11)8-21-9-20-15-14-12(19)5-2-6-13(14)23-16(15)17(21)22/h1-7,9H,8H2. The predicted molar refractivity (Wildman–Crippen MR) is 86.8 cm³/mol. The topological polar surface area (TPSA) is 34.9 Å². The minimum Gasteiger partial charge on any atom is -0.294 e. The Morgan fingerprint density at radius 2 is 1.96 bits per heavy atom. The van der Waals surface area contributed by atoms with E-state index >= 15 is 0 Å². The number of fused-ring (bicyclic) bond motifs is 3. The van der Waals surface area contributed by atoms with Crippen LogP contribution in [0.2, 0.25) is 0 Å². The van der Waals surface area contributed by atoms with E-state index in [1.54, 1.807) is 24.3 Å². The van der Waals surface area contributed by atoms with Crippen LogP contribution < -0.4 is 5.56 Å². The van der Waals surface area contributed by atoms with Gasteiger partial charge < -0.3 is 0 Å². The van der Waals surface area contributed by atoms with E-state index in [9.17, 15) is 13.6 Å². The van der Waals surface area contributed by atoms with E-state index in [1.165, 1.54) is 40.4 Å². The summed E-state index contributed by atoms with van der Waals surface area (Å²) < 4.78 is 29.8. The van der Waals surface area contributed by atoms with Gasteiger partial charge in [-0.1, -0.05) is 18.2 Å². The van der Waals surface area contributed by atoms with Gasteiger partial charge in [-0.15, -0.1) is 11.3 Å². The number of aromatic nitrogens is 2. The Morgan fingerprint density at radius 1 is 1.13 bits per heavy atom. The van der Waals surface area contributed by atoms with Gasteiger partial charge in [-0.3, -0.25) is 9.36 Å². The van der Waals surface area contributed by atoms with Crippen molar-refractivity contribution in [2.24, 2.45) is 0 Å². The summed E-state index contributed by atoms with van der Waals surface area (Å²) in [5, 5.41) is 0.377. The zero-order chi connectivity index (χ0) is 16.0. The second-order valence-electron chi connectivity index (χ2n) is 5.20. The van der Waals surface area contributed by atoms with Crippen LogP contribution >= 0.6 is 11.3 Å². The Morgan fingerprint density at radius 3 is 2.78 bits per heavy atom. The lowest BCUT2D eigenvalue weighted by Crippen LogP contribution is -2.20. The number of halogens is 2. The van der Waals surface area contributed by atoms with Gasteiger partial charge in [-0.2, -0.15) is 0 Å². The lowest BCUT2D eigenvalue weighted by atomic mass is 10.2. The van der Waals surface area contributed by atoms with Crippen molar-refractivity contribution in [2.45, 2.75) is 6.54 Å². The Hall–Kier alpha value is -2.60. The zero-order valence-corrected chi connectivity index (χ0v) is 12.6. The fraction of sp³-hybridized carbons (Fsp3) is 0.0588. The highest BCUT2D eigenvalue weighted by atomic mass is 32.1. The summed E-state index contributed by atoms with van der Waals surface area (Å²) in [6.45, 7) is 0.219. The third-order valence-corrected chi connectivity index (χ3v) is 4.79. The highest BCUT2D eigenvalue weighted by Gasteiger charge is 2.14. The molecule has 0 aliphatic rings. The summed E-state index contributed by atoms with van der Waals surface area (Å²) in [7, 11) is 0. The molecule has 0 spiro atoms. The van der Waals surface area contributed by atoms with Crippen LogP contribution in [-0.2, 0) is 6.54 Å². The lowest BCUT2D eigenvalue weighted by Gasteiger charge is -2.05. The molecule has 0 fully saturated rings. The average molecular weight is 328 g/mol. The van der Waals surface area contributed by atoms with Crippen LogP contribution in [0.15, 0.2) is 53.6 Å². The number of benzene rings is 2. The molecule has 6 heteroatoms. The second-order valence-corrected chi connectivity index (χ2v) is 6.25. The number of hydrogen-bond donors (Lipinski definition) is 0. The van der Waals surface area contributed by atoms with Gasteiger partial charge in [0.1, 0.15) is 16.3 Å². The maximum absolute atomic E-state index is 14.0. The molecule has 0 atom stereocenters. The van der Waals surface area contributed by atoms with Crippen molar-refractivity contribution < 1.29 is 8.78 Å². The molecule has 0 bridgehead atoms. The van der Waals surface area contributed by atoms with Crippen molar-refractivity contribution in [3.63, 3.8) is 0 Å². The van der Waals surface area contributed by atoms with Gasteiger partial charge in [0.05, 0.1) is 23.8 Å². The lowest BCUT2D eigenvalue weighted by molar-refractivity contribution is 0.622. The van der Waals surface area contributed by atoms with Crippen LogP contribution in [0.25, 0.3) is 20.3 Å². The zero-order valence-electron chi connectivity index (χ0n) is 11.8. The van der Waals surface area contributed by atoms with Gasteiger partial charge in [-0.25, -0.2) is 13.8 Å². The van der Waals surface area contributed by atoms with E-state index in [2.05, 4.69) is 4.98 Å². The summed E-state index contributed by atoms with van der Waals surface area (Å²) in [5.74, 6) is -0.739. The molecular formula is C17H10F2N2OS. The number of hydrogen-bond acceptors (Lipinski definition) is 3. The summed E-state index contributed by atoms with van der Waals surface area (Å²) in [4.78, 5) is 16.9. The molecule has 23 heavy (non-hydrogen) atoms. The first kappa shape index (κ1) is 14.0. The van der Waals surface area contributed by atoms with Gasteiger partial charge in [0.15, 0.2) is 0 Å². The quantitative estimate of drug-likeness (QED) is 0.559. The third kappa shape index (κ3) is 2.31. The molecule has 4 rings (SSSR count). The molecule has 0 aliphatic heterocycles. The van der Waals surface area contributed by atoms with Crippen LogP contribution in [0.3, 0.4) is 0 Å². The van der Waals surface area contributed by atoms with Crippen molar-refractivity contribution >= 4 is 31.6 Å². The first-order valence-electron chi connectivity index (χ1n) is 6.94. The first-order chi connectivity index (χ1) is 11.1. The van der Waals surface area contributed by atoms with Gasteiger partial charge >= 0.3 is 0 Å². The Bertz CT molecular complexity index is 1100. The molecule has 2 aromatic carbocycles. The monoisotopic (exact) mass is 328 g/mol. The van der Waals surface area contributed by atoms with E-state index in [1.807, 2.05) is 0 Å². The molecule has 0 N–H and O–H groups in total. The van der Waals surface area contributed by atoms with E-state index < -0.39 is 0 Å². The Balaban J connectivity index is 1.90. The van der Waals surface area contributed by atoms with Crippen molar-refractivity contribution in [3.8, 4) is 0 Å². The maximum atomic E-state index is 14.0. The minimum absolute atomic E-state index is 0.219. The first-order valence-corrected chi connectivity index (χ1v) is 7.76. The molecule has 0 radical (unpaired) electrons. The number of rotatable bonds is 2. The molecule has 3 nitrogen and oxygen atoms in total. The van der Waals surface area contributed by atoms with Gasteiger partial charge in [-0.05, 0) is 29.8 Å². The summed E-state index contributed by atoms with van der Waals surface area (Å²) >= 11 is 1.22. The Labute approximate surface area is 133 Å². The largest absolute Gasteiger partial charge is 0.294 e. The molecular weight excluding hydrogens is 318 g/mol. The average Bonchev–Trinajstić information content (AvgIpc) is 2.91. The molecule has 4 aromatic rings. The molecule has 0 amide bonds. The van der Waals surface area contributed by atoms with Crippen molar-refractivity contribution in [3.05, 3.63) is 76.3 Å². The highest BCUT2D eigenvalue weighted by molar-refractivity contribution is 7.25. The number of thiophene rings is 1. The molecule has 0 saturated heterocycles. The van der Waals surface area contributed by atoms with E-state index in [-0.39, 0.29) is 23.7 Å². The van der Waals surface area contributed by atoms with E-state index in [4.69, 9.17) is 0 Å². The summed E-state index contributed by atoms with van der Waals surface area (Å²) in [6.07, 6.45) is 1.38. The number of nitrogens with zero attached hydrogens (tertiary/aromatic N) is 2. The molecule has 114 valence electrons. The highest BCUT2D eigenvalue weighted by Crippen LogP contribution is 2.31. The van der Waals surface area contributed by atoms with E-state index in [0.29, 0.717) is 25.9 Å². The fourth-order valence-corrected chi connectivity index (χ4v) is 3.73. The minimum atomic E-state index is -0.386. The second kappa shape index (κ2) is 5.24. The molecule has 0 saturated carbocycles. The fourth-order valence-electron chi connectivity index (χ4n) is 2.61. The van der Waals surface area contributed by atoms with Crippen LogP contribution in [-0.4, -0.2) is 9.55 Å². The normalized spacial score (nSPS) is 11.4.